The van der Waals surface area contributed by atoms with Crippen LogP contribution in [-0.2, 0) is 4.79 Å². The summed E-state index contributed by atoms with van der Waals surface area (Å²) in [4.78, 5) is 12.6. The summed E-state index contributed by atoms with van der Waals surface area (Å²) in [5.41, 5.74) is 0.903. The third-order valence-electron chi connectivity index (χ3n) is 2.55. The highest BCUT2D eigenvalue weighted by Crippen LogP contribution is 2.32. The van der Waals surface area contributed by atoms with Gasteiger partial charge in [-0.1, -0.05) is 12.1 Å². The van der Waals surface area contributed by atoms with Crippen molar-refractivity contribution in [3.8, 4) is 10.4 Å². The standard InChI is InChI=1S/C13H11FO2S/c1-8(13(15)16)11-6-7-12(17-11)9-2-4-10(14)5-3-9/h2-8H,1H3,(H,15,16). The summed E-state index contributed by atoms with van der Waals surface area (Å²) < 4.78 is 12.8. The minimum absolute atomic E-state index is 0.274. The highest BCUT2D eigenvalue weighted by atomic mass is 32.1. The van der Waals surface area contributed by atoms with Gasteiger partial charge in [-0.3, -0.25) is 4.79 Å². The Kier molecular flexibility index (Phi) is 3.24. The first-order chi connectivity index (χ1) is 8.08. The Morgan fingerprint density at radius 2 is 1.88 bits per heavy atom. The summed E-state index contributed by atoms with van der Waals surface area (Å²) >= 11 is 1.42. The van der Waals surface area contributed by atoms with Crippen molar-refractivity contribution in [1.29, 1.82) is 0 Å². The third kappa shape index (κ3) is 2.53. The van der Waals surface area contributed by atoms with E-state index in [1.165, 1.54) is 23.5 Å². The van der Waals surface area contributed by atoms with Gasteiger partial charge in [-0.15, -0.1) is 11.3 Å². The largest absolute Gasteiger partial charge is 0.481 e. The zero-order valence-corrected chi connectivity index (χ0v) is 10.00. The summed E-state index contributed by atoms with van der Waals surface area (Å²) in [6, 6.07) is 9.85. The average Bonchev–Trinajstić information content (AvgIpc) is 2.78. The molecule has 1 aromatic carbocycles. The van der Waals surface area contributed by atoms with Gasteiger partial charge in [0.1, 0.15) is 5.82 Å². The molecule has 0 fully saturated rings. The molecule has 1 unspecified atom stereocenters. The molecular formula is C13H11FO2S. The number of carbonyl (C=O) groups is 1. The molecule has 0 saturated carbocycles. The van der Waals surface area contributed by atoms with Gasteiger partial charge in [0.25, 0.3) is 0 Å². The molecule has 0 spiro atoms. The highest BCUT2D eigenvalue weighted by Gasteiger charge is 2.16. The second-order valence-corrected chi connectivity index (χ2v) is 4.88. The van der Waals surface area contributed by atoms with Crippen LogP contribution < -0.4 is 0 Å². The Morgan fingerprint density at radius 1 is 1.24 bits per heavy atom. The van der Waals surface area contributed by atoms with E-state index in [-0.39, 0.29) is 5.82 Å². The van der Waals surface area contributed by atoms with Gasteiger partial charge in [-0.05, 0) is 36.8 Å². The summed E-state index contributed by atoms with van der Waals surface area (Å²) in [6.45, 7) is 1.66. The molecule has 0 bridgehead atoms. The number of carboxylic acid groups (broad SMARTS) is 1. The Bertz CT molecular complexity index is 531. The van der Waals surface area contributed by atoms with E-state index < -0.39 is 11.9 Å². The van der Waals surface area contributed by atoms with Gasteiger partial charge in [0.05, 0.1) is 5.92 Å². The van der Waals surface area contributed by atoms with Gasteiger partial charge >= 0.3 is 5.97 Å². The SMILES string of the molecule is CC(C(=O)O)c1ccc(-c2ccc(F)cc2)s1. The van der Waals surface area contributed by atoms with Crippen molar-refractivity contribution >= 4 is 17.3 Å². The molecule has 2 nitrogen and oxygen atoms in total. The summed E-state index contributed by atoms with van der Waals surface area (Å²) in [7, 11) is 0. The predicted molar refractivity (Wildman–Crippen MR) is 65.8 cm³/mol. The molecule has 0 aliphatic heterocycles. The molecule has 0 saturated heterocycles. The molecule has 0 aliphatic carbocycles. The molecule has 4 heteroatoms. The first-order valence-corrected chi connectivity index (χ1v) is 5.98. The zero-order chi connectivity index (χ0) is 12.4. The maximum atomic E-state index is 12.8. The van der Waals surface area contributed by atoms with Gasteiger partial charge in [0.2, 0.25) is 0 Å². The summed E-state index contributed by atoms with van der Waals surface area (Å²) in [5.74, 6) is -1.61. The Labute approximate surface area is 102 Å². The van der Waals surface area contributed by atoms with Gasteiger partial charge in [-0.25, -0.2) is 4.39 Å². The van der Waals surface area contributed by atoms with Crippen molar-refractivity contribution in [1.82, 2.24) is 0 Å². The lowest BCUT2D eigenvalue weighted by Crippen LogP contribution is -2.04. The smallest absolute Gasteiger partial charge is 0.311 e. The van der Waals surface area contributed by atoms with E-state index in [2.05, 4.69) is 0 Å². The first-order valence-electron chi connectivity index (χ1n) is 5.16. The molecule has 1 N–H and O–H groups in total. The fraction of sp³-hybridized carbons (Fsp3) is 0.154. The van der Waals surface area contributed by atoms with Crippen LogP contribution in [0.15, 0.2) is 36.4 Å². The Morgan fingerprint density at radius 3 is 2.47 bits per heavy atom. The van der Waals surface area contributed by atoms with Crippen LogP contribution in [0, 0.1) is 5.82 Å². The van der Waals surface area contributed by atoms with Crippen molar-refractivity contribution in [3.63, 3.8) is 0 Å². The maximum Gasteiger partial charge on any atom is 0.311 e. The lowest BCUT2D eigenvalue weighted by molar-refractivity contribution is -0.138. The third-order valence-corrected chi connectivity index (χ3v) is 3.87. The summed E-state index contributed by atoms with van der Waals surface area (Å²) in [6.07, 6.45) is 0. The highest BCUT2D eigenvalue weighted by molar-refractivity contribution is 7.15. The van der Waals surface area contributed by atoms with Crippen molar-refractivity contribution in [2.24, 2.45) is 0 Å². The monoisotopic (exact) mass is 250 g/mol. The average molecular weight is 250 g/mol. The van der Waals surface area contributed by atoms with Crippen molar-refractivity contribution in [3.05, 3.63) is 47.1 Å². The number of halogens is 1. The van der Waals surface area contributed by atoms with Crippen LogP contribution in [0.2, 0.25) is 0 Å². The van der Waals surface area contributed by atoms with E-state index in [0.29, 0.717) is 0 Å². The first kappa shape index (κ1) is 11.8. The molecule has 88 valence electrons. The second kappa shape index (κ2) is 4.67. The van der Waals surface area contributed by atoms with E-state index in [4.69, 9.17) is 5.11 Å². The van der Waals surface area contributed by atoms with E-state index in [1.54, 1.807) is 19.1 Å². The maximum absolute atomic E-state index is 12.8. The Balaban J connectivity index is 2.29. The molecule has 2 rings (SSSR count). The number of hydrogen-bond donors (Lipinski definition) is 1. The van der Waals surface area contributed by atoms with Gasteiger partial charge in [0.15, 0.2) is 0 Å². The van der Waals surface area contributed by atoms with Gasteiger partial charge in [0, 0.05) is 9.75 Å². The molecule has 1 aromatic heterocycles. The number of hydrogen-bond acceptors (Lipinski definition) is 2. The second-order valence-electron chi connectivity index (χ2n) is 3.77. The summed E-state index contributed by atoms with van der Waals surface area (Å²) in [5, 5.41) is 8.91. The van der Waals surface area contributed by atoms with Crippen molar-refractivity contribution in [2.75, 3.05) is 0 Å². The molecule has 0 radical (unpaired) electrons. The fourth-order valence-electron chi connectivity index (χ4n) is 1.48. The van der Waals surface area contributed by atoms with Crippen molar-refractivity contribution < 1.29 is 14.3 Å². The lowest BCUT2D eigenvalue weighted by atomic mass is 10.1. The van der Waals surface area contributed by atoms with Gasteiger partial charge in [-0.2, -0.15) is 0 Å². The minimum Gasteiger partial charge on any atom is -0.481 e. The van der Waals surface area contributed by atoms with Crippen LogP contribution in [0.25, 0.3) is 10.4 Å². The molecule has 0 aliphatic rings. The number of thiophene rings is 1. The van der Waals surface area contributed by atoms with Crippen LogP contribution >= 0.6 is 11.3 Å². The van der Waals surface area contributed by atoms with E-state index in [1.807, 2.05) is 12.1 Å². The Hall–Kier alpha value is -1.68. The zero-order valence-electron chi connectivity index (χ0n) is 9.18. The van der Waals surface area contributed by atoms with Gasteiger partial charge < -0.3 is 5.11 Å². The predicted octanol–water partition coefficient (Wildman–Crippen LogP) is 3.74. The van der Waals surface area contributed by atoms with Crippen molar-refractivity contribution in [2.45, 2.75) is 12.8 Å². The van der Waals surface area contributed by atoms with E-state index in [0.717, 1.165) is 15.3 Å². The van der Waals surface area contributed by atoms with Crippen LogP contribution in [0.5, 0.6) is 0 Å². The van der Waals surface area contributed by atoms with Crippen LogP contribution in [0.1, 0.15) is 17.7 Å². The minimum atomic E-state index is -0.836. The van der Waals surface area contributed by atoms with Crippen LogP contribution in [0.4, 0.5) is 4.39 Å². The van der Waals surface area contributed by atoms with Crippen LogP contribution in [-0.4, -0.2) is 11.1 Å². The fourth-order valence-corrected chi connectivity index (χ4v) is 2.53. The normalized spacial score (nSPS) is 12.4. The lowest BCUT2D eigenvalue weighted by Gasteiger charge is -2.01. The van der Waals surface area contributed by atoms with Crippen LogP contribution in [0.3, 0.4) is 0 Å². The molecular weight excluding hydrogens is 239 g/mol. The molecule has 1 heterocycles. The number of aliphatic carboxylic acids is 1. The molecule has 17 heavy (non-hydrogen) atoms. The van der Waals surface area contributed by atoms with E-state index >= 15 is 0 Å². The molecule has 0 amide bonds. The number of carboxylic acids is 1. The van der Waals surface area contributed by atoms with E-state index in [9.17, 15) is 9.18 Å². The number of benzene rings is 1. The quantitative estimate of drug-likeness (QED) is 0.901. The number of rotatable bonds is 3. The molecule has 1 atom stereocenters. The topological polar surface area (TPSA) is 37.3 Å². The molecule has 2 aromatic rings.